The number of ketones is 1. The Morgan fingerprint density at radius 2 is 1.57 bits per heavy atom. The monoisotopic (exact) mass is 412 g/mol. The van der Waals surface area contributed by atoms with Gasteiger partial charge in [-0.05, 0) is 70.1 Å². The van der Waals surface area contributed by atoms with Gasteiger partial charge in [-0.2, -0.15) is 0 Å². The molecule has 164 valence electrons. The highest BCUT2D eigenvalue weighted by Gasteiger charge is 2.14. The minimum Gasteiger partial charge on any atom is -0.507 e. The van der Waals surface area contributed by atoms with Crippen molar-refractivity contribution < 1.29 is 14.3 Å². The average Bonchev–Trinajstić information content (AvgIpc) is 2.67. The van der Waals surface area contributed by atoms with Crippen LogP contribution in [0.5, 0.6) is 5.75 Å². The fourth-order valence-corrected chi connectivity index (χ4v) is 3.43. The molecule has 0 spiro atoms. The molecular weight excluding hydrogens is 376 g/mol. The van der Waals surface area contributed by atoms with E-state index in [1.165, 1.54) is 0 Å². The van der Waals surface area contributed by atoms with Gasteiger partial charge in [0.1, 0.15) is 11.5 Å². The lowest BCUT2D eigenvalue weighted by Crippen LogP contribution is -2.07. The van der Waals surface area contributed by atoms with Gasteiger partial charge in [0.05, 0.1) is 5.56 Å². The van der Waals surface area contributed by atoms with Crippen LogP contribution in [0.25, 0.3) is 5.57 Å². The second-order valence-electron chi connectivity index (χ2n) is 8.33. The summed E-state index contributed by atoms with van der Waals surface area (Å²) in [6.07, 6.45) is 8.97. The molecule has 0 aliphatic carbocycles. The highest BCUT2D eigenvalue weighted by Crippen LogP contribution is 2.27. The summed E-state index contributed by atoms with van der Waals surface area (Å²) in [7, 11) is 0. The maximum Gasteiger partial charge on any atom is 0.342 e. The summed E-state index contributed by atoms with van der Waals surface area (Å²) in [6, 6.07) is 0. The van der Waals surface area contributed by atoms with Crippen molar-refractivity contribution in [3.8, 4) is 5.75 Å². The normalized spacial score (nSPS) is 15.9. The van der Waals surface area contributed by atoms with Crippen molar-refractivity contribution in [3.05, 3.63) is 68.3 Å². The largest absolute Gasteiger partial charge is 0.507 e. The molecule has 0 saturated carbocycles. The SMILES string of the molecule is CC[C@H](C)/C=C(\C)C(=O)/C(C)=C/[C@@H](C)/C=C(C)/C=C(\C)c1oc(=O)c(C)c(O)c1C. The summed E-state index contributed by atoms with van der Waals surface area (Å²) in [4.78, 5) is 24.5. The van der Waals surface area contributed by atoms with Gasteiger partial charge in [0.25, 0.3) is 0 Å². The van der Waals surface area contributed by atoms with Gasteiger partial charge < -0.3 is 9.52 Å². The predicted molar refractivity (Wildman–Crippen MR) is 125 cm³/mol. The van der Waals surface area contributed by atoms with E-state index in [2.05, 4.69) is 19.9 Å². The predicted octanol–water partition coefficient (Wildman–Crippen LogP) is 6.46. The fraction of sp³-hybridized carbons (Fsp3) is 0.462. The second kappa shape index (κ2) is 11.0. The van der Waals surface area contributed by atoms with Crippen molar-refractivity contribution in [2.75, 3.05) is 0 Å². The molecule has 1 heterocycles. The van der Waals surface area contributed by atoms with E-state index in [4.69, 9.17) is 4.42 Å². The first-order valence-electron chi connectivity index (χ1n) is 10.5. The quantitative estimate of drug-likeness (QED) is 0.393. The van der Waals surface area contributed by atoms with Crippen LogP contribution in [-0.4, -0.2) is 10.9 Å². The summed E-state index contributed by atoms with van der Waals surface area (Å²) >= 11 is 0. The van der Waals surface area contributed by atoms with Crippen LogP contribution in [0.2, 0.25) is 0 Å². The van der Waals surface area contributed by atoms with Crippen molar-refractivity contribution in [2.45, 2.75) is 68.7 Å². The van der Waals surface area contributed by atoms with Crippen LogP contribution in [0, 0.1) is 25.7 Å². The van der Waals surface area contributed by atoms with Gasteiger partial charge in [-0.3, -0.25) is 4.79 Å². The van der Waals surface area contributed by atoms with Gasteiger partial charge >= 0.3 is 5.63 Å². The van der Waals surface area contributed by atoms with Crippen LogP contribution in [0.1, 0.15) is 71.8 Å². The summed E-state index contributed by atoms with van der Waals surface area (Å²) in [5.74, 6) is 0.888. The summed E-state index contributed by atoms with van der Waals surface area (Å²) < 4.78 is 5.38. The van der Waals surface area contributed by atoms with E-state index in [0.717, 1.165) is 28.7 Å². The highest BCUT2D eigenvalue weighted by molar-refractivity contribution is 6.07. The van der Waals surface area contributed by atoms with Gasteiger partial charge in [-0.1, -0.05) is 57.1 Å². The lowest BCUT2D eigenvalue weighted by molar-refractivity contribution is -0.112. The van der Waals surface area contributed by atoms with Crippen molar-refractivity contribution in [1.29, 1.82) is 0 Å². The van der Waals surface area contributed by atoms with Crippen LogP contribution >= 0.6 is 0 Å². The first-order chi connectivity index (χ1) is 13.9. The van der Waals surface area contributed by atoms with Gasteiger partial charge in [0.2, 0.25) is 0 Å². The van der Waals surface area contributed by atoms with Crippen molar-refractivity contribution >= 4 is 11.4 Å². The molecule has 0 aromatic carbocycles. The molecule has 1 aromatic rings. The smallest absolute Gasteiger partial charge is 0.342 e. The Balaban J connectivity index is 3.09. The minimum absolute atomic E-state index is 0.0260. The Labute approximate surface area is 180 Å². The lowest BCUT2D eigenvalue weighted by Gasteiger charge is -2.09. The number of carbonyl (C=O) groups excluding carboxylic acids is 1. The van der Waals surface area contributed by atoms with Crippen molar-refractivity contribution in [1.82, 2.24) is 0 Å². The molecular formula is C26H36O4. The number of Topliss-reactive ketones (excluding diaryl/α,β-unsaturated/α-hetero) is 1. The lowest BCUT2D eigenvalue weighted by atomic mass is 9.97. The first-order valence-corrected chi connectivity index (χ1v) is 10.5. The number of allylic oxidation sites excluding steroid dienone is 8. The molecule has 0 aliphatic heterocycles. The molecule has 30 heavy (non-hydrogen) atoms. The van der Waals surface area contributed by atoms with E-state index in [0.29, 0.717) is 17.2 Å². The molecule has 0 saturated heterocycles. The molecule has 2 atom stereocenters. The van der Waals surface area contributed by atoms with Crippen molar-refractivity contribution in [2.24, 2.45) is 11.8 Å². The molecule has 0 fully saturated rings. The average molecular weight is 413 g/mol. The number of rotatable bonds is 8. The second-order valence-corrected chi connectivity index (χ2v) is 8.33. The van der Waals surface area contributed by atoms with Gasteiger partial charge in [-0.15, -0.1) is 0 Å². The number of carbonyl (C=O) groups is 1. The molecule has 4 nitrogen and oxygen atoms in total. The Bertz CT molecular complexity index is 967. The summed E-state index contributed by atoms with van der Waals surface area (Å²) in [6.45, 7) is 17.0. The zero-order valence-electron chi connectivity index (χ0n) is 19.8. The summed E-state index contributed by atoms with van der Waals surface area (Å²) in [5, 5.41) is 10.1. The Kier molecular flexibility index (Phi) is 9.28. The van der Waals surface area contributed by atoms with E-state index in [1.54, 1.807) is 13.8 Å². The van der Waals surface area contributed by atoms with Gasteiger partial charge in [0.15, 0.2) is 5.78 Å². The molecule has 0 aliphatic rings. The molecule has 0 amide bonds. The third-order valence-corrected chi connectivity index (χ3v) is 5.29. The number of hydrogen-bond donors (Lipinski definition) is 1. The zero-order valence-corrected chi connectivity index (χ0v) is 19.8. The van der Waals surface area contributed by atoms with Crippen LogP contribution < -0.4 is 5.63 Å². The van der Waals surface area contributed by atoms with E-state index in [1.807, 2.05) is 52.8 Å². The third kappa shape index (κ3) is 6.72. The maximum absolute atomic E-state index is 12.6. The van der Waals surface area contributed by atoms with Crippen LogP contribution in [-0.2, 0) is 4.79 Å². The van der Waals surface area contributed by atoms with Crippen LogP contribution in [0.15, 0.2) is 50.2 Å². The van der Waals surface area contributed by atoms with E-state index in [-0.39, 0.29) is 23.0 Å². The molecule has 0 bridgehead atoms. The highest BCUT2D eigenvalue weighted by atomic mass is 16.4. The van der Waals surface area contributed by atoms with Crippen molar-refractivity contribution in [3.63, 3.8) is 0 Å². The topological polar surface area (TPSA) is 67.5 Å². The molecule has 4 heteroatoms. The molecule has 0 unspecified atom stereocenters. The molecule has 1 N–H and O–H groups in total. The molecule has 1 rings (SSSR count). The van der Waals surface area contributed by atoms with E-state index < -0.39 is 5.63 Å². The minimum atomic E-state index is -0.534. The zero-order chi connectivity index (χ0) is 23.2. The van der Waals surface area contributed by atoms with Gasteiger partial charge in [0, 0.05) is 5.56 Å². The standard InChI is InChI=1S/C26H36O4/c1-10-15(2)12-18(5)23(27)19(6)13-16(3)11-17(4)14-20(7)25-21(8)24(28)22(9)26(29)30-25/h11-16,28H,10H2,1-9H3/b17-11+,18-12+,19-13+,20-14+/t15-,16-/m0/s1. The van der Waals surface area contributed by atoms with Crippen LogP contribution in [0.3, 0.4) is 0 Å². The molecule has 1 aromatic heterocycles. The van der Waals surface area contributed by atoms with Crippen LogP contribution in [0.4, 0.5) is 0 Å². The Morgan fingerprint density at radius 1 is 1.00 bits per heavy atom. The molecule has 0 radical (unpaired) electrons. The van der Waals surface area contributed by atoms with Gasteiger partial charge in [-0.25, -0.2) is 4.79 Å². The van der Waals surface area contributed by atoms with E-state index in [9.17, 15) is 14.7 Å². The maximum atomic E-state index is 12.6. The fourth-order valence-electron chi connectivity index (χ4n) is 3.43. The van der Waals surface area contributed by atoms with E-state index >= 15 is 0 Å². The third-order valence-electron chi connectivity index (χ3n) is 5.29. The first kappa shape index (κ1) is 25.4. The number of hydrogen-bond acceptors (Lipinski definition) is 4. The number of aromatic hydroxyl groups is 1. The Morgan fingerprint density at radius 3 is 2.13 bits per heavy atom. The Hall–Kier alpha value is -2.62. The summed E-state index contributed by atoms with van der Waals surface area (Å²) in [5.41, 5.74) is 3.48.